The summed E-state index contributed by atoms with van der Waals surface area (Å²) < 4.78 is 0.896. The summed E-state index contributed by atoms with van der Waals surface area (Å²) in [6, 6.07) is 9.58. The van der Waals surface area contributed by atoms with Crippen LogP contribution in [0.25, 0.3) is 5.70 Å². The highest BCUT2D eigenvalue weighted by atomic mass is 79.9. The quantitative estimate of drug-likeness (QED) is 0.700. The van der Waals surface area contributed by atoms with Gasteiger partial charge in [0.05, 0.1) is 5.36 Å². The fraction of sp³-hybridized carbons (Fsp3) is 0.300. The summed E-state index contributed by atoms with van der Waals surface area (Å²) in [5, 5.41) is 11.6. The van der Waals surface area contributed by atoms with Gasteiger partial charge in [0, 0.05) is 33.4 Å². The minimum absolute atomic E-state index is 0.152. The number of nitrogens with zero attached hydrogens (tertiary/aromatic N) is 4. The fourth-order valence-corrected chi connectivity index (χ4v) is 4.40. The molecule has 1 aromatic carbocycles. The molecule has 8 heteroatoms. The van der Waals surface area contributed by atoms with Crippen molar-refractivity contribution in [1.29, 1.82) is 0 Å². The van der Waals surface area contributed by atoms with Gasteiger partial charge in [0.25, 0.3) is 5.91 Å². The van der Waals surface area contributed by atoms with Crippen LogP contribution in [0.5, 0.6) is 0 Å². The molecule has 6 nitrogen and oxygen atoms in total. The van der Waals surface area contributed by atoms with Crippen LogP contribution in [0.2, 0.25) is 0 Å². The lowest BCUT2D eigenvalue weighted by Gasteiger charge is -2.34. The van der Waals surface area contributed by atoms with E-state index in [1.807, 2.05) is 30.3 Å². The summed E-state index contributed by atoms with van der Waals surface area (Å²) in [5.41, 5.74) is 1.46. The monoisotopic (exact) mass is 457 g/mol. The number of hydrogen-bond acceptors (Lipinski definition) is 6. The molecule has 28 heavy (non-hydrogen) atoms. The minimum atomic E-state index is -0.399. The number of aromatic nitrogens is 1. The lowest BCUT2D eigenvalue weighted by atomic mass is 10.1. The predicted molar refractivity (Wildman–Crippen MR) is 115 cm³/mol. The summed E-state index contributed by atoms with van der Waals surface area (Å²) in [6.07, 6.45) is 6.50. The van der Waals surface area contributed by atoms with Gasteiger partial charge in [-0.3, -0.25) is 20.1 Å². The molecule has 0 saturated carbocycles. The van der Waals surface area contributed by atoms with Crippen LogP contribution in [0.4, 0.5) is 0 Å². The second-order valence-corrected chi connectivity index (χ2v) is 8.55. The number of carbonyl (C=O) groups is 1. The van der Waals surface area contributed by atoms with Crippen LogP contribution in [0.3, 0.4) is 0 Å². The van der Waals surface area contributed by atoms with Gasteiger partial charge in [-0.25, -0.2) is 5.01 Å². The molecule has 2 aliphatic heterocycles. The first-order chi connectivity index (χ1) is 13.7. The number of hydrazone groups is 1. The number of pyridine rings is 1. The van der Waals surface area contributed by atoms with Crippen molar-refractivity contribution in [2.75, 3.05) is 5.75 Å². The van der Waals surface area contributed by atoms with E-state index >= 15 is 0 Å². The number of fused-ring (bicyclic) bond motifs is 2. The Labute approximate surface area is 176 Å². The molecule has 144 valence electrons. The lowest BCUT2D eigenvalue weighted by Crippen LogP contribution is -2.50. The summed E-state index contributed by atoms with van der Waals surface area (Å²) in [5.74, 6) is 0.774. The molecule has 2 aromatic rings. The molecule has 0 unspecified atom stereocenters. The number of amides is 1. The number of amidine groups is 1. The standard InChI is InChI=1S/C20H20BrN5OS/c1-2-3-4-11-28-20-24-19(27)17-15-12-14(21)5-6-16(15)23-18(26(17)25-20)13-7-9-22-10-8-13/h5-10,12,18H,2-4,11H2,1H3,(H,24,25,27)/t18-/m1/s1. The van der Waals surface area contributed by atoms with Gasteiger partial charge in [-0.2, -0.15) is 0 Å². The van der Waals surface area contributed by atoms with Crippen LogP contribution in [0.1, 0.15) is 37.9 Å². The van der Waals surface area contributed by atoms with Gasteiger partial charge in [0.15, 0.2) is 11.3 Å². The van der Waals surface area contributed by atoms with E-state index in [9.17, 15) is 4.79 Å². The Kier molecular flexibility index (Phi) is 5.77. The number of unbranched alkanes of at least 4 members (excludes halogenated alkanes) is 2. The highest BCUT2D eigenvalue weighted by Gasteiger charge is 2.34. The average molecular weight is 458 g/mol. The first kappa shape index (κ1) is 19.1. The molecule has 0 spiro atoms. The Hall–Kier alpha value is -2.19. The van der Waals surface area contributed by atoms with Crippen molar-refractivity contribution in [3.05, 3.63) is 63.3 Å². The number of halogens is 1. The predicted octanol–water partition coefficient (Wildman–Crippen LogP) is 2.91. The van der Waals surface area contributed by atoms with E-state index in [1.54, 1.807) is 29.2 Å². The largest absolute Gasteiger partial charge is 0.298 e. The van der Waals surface area contributed by atoms with Crippen LogP contribution >= 0.6 is 27.7 Å². The smallest absolute Gasteiger partial charge is 0.276 e. The van der Waals surface area contributed by atoms with Gasteiger partial charge < -0.3 is 0 Å². The van der Waals surface area contributed by atoms with Crippen LogP contribution in [0.15, 0.2) is 57.3 Å². The van der Waals surface area contributed by atoms with Crippen molar-refractivity contribution in [3.63, 3.8) is 0 Å². The third-order valence-electron chi connectivity index (χ3n) is 4.56. The normalized spacial score (nSPS) is 18.0. The Morgan fingerprint density at radius 2 is 2.04 bits per heavy atom. The van der Waals surface area contributed by atoms with E-state index in [0.29, 0.717) is 10.9 Å². The van der Waals surface area contributed by atoms with Gasteiger partial charge in [0.2, 0.25) is 0 Å². The molecule has 1 N–H and O–H groups in total. The van der Waals surface area contributed by atoms with Crippen molar-refractivity contribution < 1.29 is 4.79 Å². The van der Waals surface area contributed by atoms with Gasteiger partial charge in [-0.15, -0.1) is 5.10 Å². The number of carbonyl (C=O) groups excluding carboxylic acids is 1. The first-order valence-electron chi connectivity index (χ1n) is 9.27. The fourth-order valence-electron chi connectivity index (χ4n) is 3.19. The number of rotatable bonds is 5. The second-order valence-electron chi connectivity index (χ2n) is 6.55. The van der Waals surface area contributed by atoms with E-state index in [2.05, 4.69) is 33.2 Å². The van der Waals surface area contributed by atoms with E-state index in [1.165, 1.54) is 6.42 Å². The Bertz CT molecular complexity index is 1040. The molecule has 1 atom stereocenters. The topological polar surface area (TPSA) is 70.0 Å². The number of nitrogens with one attached hydrogen (secondary N) is 1. The maximum Gasteiger partial charge on any atom is 0.276 e. The summed E-state index contributed by atoms with van der Waals surface area (Å²) in [7, 11) is 0. The summed E-state index contributed by atoms with van der Waals surface area (Å²) >= 11 is 5.07. The van der Waals surface area contributed by atoms with Crippen molar-refractivity contribution in [1.82, 2.24) is 15.3 Å². The second kappa shape index (κ2) is 8.45. The molecule has 0 radical (unpaired) electrons. The molecule has 0 bridgehead atoms. The molecule has 4 rings (SSSR count). The molecule has 3 heterocycles. The van der Waals surface area contributed by atoms with E-state index in [0.717, 1.165) is 39.2 Å². The maximum absolute atomic E-state index is 13.0. The molecule has 2 aliphatic rings. The van der Waals surface area contributed by atoms with E-state index in [4.69, 9.17) is 10.1 Å². The summed E-state index contributed by atoms with van der Waals surface area (Å²) in [4.78, 5) is 22.0. The molecule has 0 aliphatic carbocycles. The van der Waals surface area contributed by atoms with Crippen LogP contribution < -0.4 is 15.9 Å². The third kappa shape index (κ3) is 3.84. The summed E-state index contributed by atoms with van der Waals surface area (Å²) in [6.45, 7) is 2.18. The highest BCUT2D eigenvalue weighted by Crippen LogP contribution is 2.30. The average Bonchev–Trinajstić information content (AvgIpc) is 2.71. The van der Waals surface area contributed by atoms with Gasteiger partial charge in [-0.05, 0) is 36.8 Å². The zero-order valence-electron chi connectivity index (χ0n) is 15.4. The number of benzene rings is 1. The molecule has 0 saturated heterocycles. The Morgan fingerprint density at radius 3 is 2.82 bits per heavy atom. The molecular weight excluding hydrogens is 438 g/mol. The molecule has 1 aromatic heterocycles. The number of thioether (sulfide) groups is 1. The zero-order chi connectivity index (χ0) is 19.5. The maximum atomic E-state index is 13.0. The van der Waals surface area contributed by atoms with E-state index in [-0.39, 0.29) is 5.91 Å². The first-order valence-corrected chi connectivity index (χ1v) is 11.0. The minimum Gasteiger partial charge on any atom is -0.298 e. The zero-order valence-corrected chi connectivity index (χ0v) is 17.8. The van der Waals surface area contributed by atoms with Gasteiger partial charge >= 0.3 is 0 Å². The van der Waals surface area contributed by atoms with Crippen molar-refractivity contribution in [3.8, 4) is 0 Å². The van der Waals surface area contributed by atoms with Gasteiger partial charge in [-0.1, -0.05) is 47.5 Å². The van der Waals surface area contributed by atoms with Crippen LogP contribution in [-0.2, 0) is 4.79 Å². The highest BCUT2D eigenvalue weighted by molar-refractivity contribution is 9.10. The molecule has 0 fully saturated rings. The van der Waals surface area contributed by atoms with Gasteiger partial charge in [0.1, 0.15) is 5.70 Å². The Balaban J connectivity index is 1.79. The van der Waals surface area contributed by atoms with Crippen molar-refractivity contribution >= 4 is 44.5 Å². The van der Waals surface area contributed by atoms with Crippen LogP contribution in [0, 0.1) is 0 Å². The van der Waals surface area contributed by atoms with E-state index < -0.39 is 6.17 Å². The Morgan fingerprint density at radius 1 is 1.21 bits per heavy atom. The van der Waals surface area contributed by atoms with Crippen molar-refractivity contribution in [2.45, 2.75) is 32.4 Å². The van der Waals surface area contributed by atoms with Crippen molar-refractivity contribution in [2.24, 2.45) is 10.1 Å². The lowest BCUT2D eigenvalue weighted by molar-refractivity contribution is -0.116. The molecule has 1 amide bonds. The van der Waals surface area contributed by atoms with Crippen LogP contribution in [-0.4, -0.2) is 26.8 Å². The third-order valence-corrected chi connectivity index (χ3v) is 6.00. The SMILES string of the molecule is CCCCCSC1=NN2C(=c3cc(Br)ccc3=N[C@H]2c2ccncc2)C(=O)N1. The number of hydrogen-bond donors (Lipinski definition) is 1. The molecular formula is C20H20BrN5OS.